The molecule has 3 nitrogen and oxygen atoms in total. The van der Waals surface area contributed by atoms with Crippen molar-refractivity contribution in [2.45, 2.75) is 25.4 Å². The van der Waals surface area contributed by atoms with Crippen molar-refractivity contribution in [3.05, 3.63) is 0 Å². The number of β-amino-alcohol motifs (C(OH)–C–C–N with tert-alkyl or cyclic N) is 1. The quantitative estimate of drug-likeness (QED) is 0.691. The van der Waals surface area contributed by atoms with Gasteiger partial charge < -0.3 is 14.9 Å². The van der Waals surface area contributed by atoms with E-state index >= 15 is 0 Å². The van der Waals surface area contributed by atoms with Gasteiger partial charge in [0.2, 0.25) is 0 Å². The summed E-state index contributed by atoms with van der Waals surface area (Å²) >= 11 is 0. The molecule has 1 aliphatic rings. The summed E-state index contributed by atoms with van der Waals surface area (Å²) in [7, 11) is 4.03. The Bertz CT molecular complexity index is 161. The van der Waals surface area contributed by atoms with Crippen LogP contribution in [0.4, 0.5) is 0 Å². The molecule has 1 heterocycles. The number of piperidine rings is 1. The first-order chi connectivity index (χ1) is 6.06. The lowest BCUT2D eigenvalue weighted by Crippen LogP contribution is -2.53. The normalized spacial score (nSPS) is 31.2. The van der Waals surface area contributed by atoms with Crippen molar-refractivity contribution in [3.8, 4) is 0 Å². The SMILES string of the molecule is CCN1CCC[C@@](O)(CN(C)C)C1. The van der Waals surface area contributed by atoms with Crippen LogP contribution in [0.5, 0.6) is 0 Å². The largest absolute Gasteiger partial charge is 0.387 e. The zero-order chi connectivity index (χ0) is 9.90. The molecule has 0 aromatic carbocycles. The topological polar surface area (TPSA) is 26.7 Å². The predicted molar refractivity (Wildman–Crippen MR) is 54.9 cm³/mol. The first-order valence-electron chi connectivity index (χ1n) is 5.15. The van der Waals surface area contributed by atoms with Gasteiger partial charge in [-0.05, 0) is 40.0 Å². The van der Waals surface area contributed by atoms with Crippen molar-refractivity contribution >= 4 is 0 Å². The van der Waals surface area contributed by atoms with Crippen molar-refractivity contribution < 1.29 is 5.11 Å². The molecule has 0 radical (unpaired) electrons. The highest BCUT2D eigenvalue weighted by Crippen LogP contribution is 2.21. The zero-order valence-corrected chi connectivity index (χ0v) is 9.08. The van der Waals surface area contributed by atoms with E-state index in [4.69, 9.17) is 0 Å². The smallest absolute Gasteiger partial charge is 0.0900 e. The summed E-state index contributed by atoms with van der Waals surface area (Å²) in [6, 6.07) is 0. The Balaban J connectivity index is 2.47. The average molecular weight is 186 g/mol. The summed E-state index contributed by atoms with van der Waals surface area (Å²) in [4.78, 5) is 4.39. The zero-order valence-electron chi connectivity index (χ0n) is 9.08. The van der Waals surface area contributed by atoms with Gasteiger partial charge in [-0.3, -0.25) is 0 Å². The molecule has 0 aliphatic carbocycles. The van der Waals surface area contributed by atoms with E-state index in [1.165, 1.54) is 0 Å². The van der Waals surface area contributed by atoms with E-state index in [2.05, 4.69) is 16.7 Å². The van der Waals surface area contributed by atoms with Crippen LogP contribution in [0.25, 0.3) is 0 Å². The molecule has 1 N–H and O–H groups in total. The van der Waals surface area contributed by atoms with Gasteiger partial charge in [-0.2, -0.15) is 0 Å². The molecule has 1 rings (SSSR count). The molecular weight excluding hydrogens is 164 g/mol. The van der Waals surface area contributed by atoms with Gasteiger partial charge in [-0.1, -0.05) is 6.92 Å². The van der Waals surface area contributed by atoms with Gasteiger partial charge in [0.15, 0.2) is 0 Å². The summed E-state index contributed by atoms with van der Waals surface area (Å²) in [6.45, 7) is 5.97. The van der Waals surface area contributed by atoms with Crippen LogP contribution in [0.2, 0.25) is 0 Å². The van der Waals surface area contributed by atoms with Crippen LogP contribution in [0.1, 0.15) is 19.8 Å². The molecule has 0 aromatic heterocycles. The molecule has 3 heteroatoms. The highest BCUT2D eigenvalue weighted by Gasteiger charge is 2.32. The molecular formula is C10H22N2O. The third-order valence-electron chi connectivity index (χ3n) is 2.69. The Morgan fingerprint density at radius 3 is 2.69 bits per heavy atom. The number of aliphatic hydroxyl groups is 1. The summed E-state index contributed by atoms with van der Waals surface area (Å²) in [5.74, 6) is 0. The third-order valence-corrected chi connectivity index (χ3v) is 2.69. The number of nitrogens with zero attached hydrogens (tertiary/aromatic N) is 2. The van der Waals surface area contributed by atoms with Crippen LogP contribution >= 0.6 is 0 Å². The minimum absolute atomic E-state index is 0.474. The number of rotatable bonds is 3. The summed E-state index contributed by atoms with van der Waals surface area (Å²) < 4.78 is 0. The fourth-order valence-electron chi connectivity index (χ4n) is 2.19. The lowest BCUT2D eigenvalue weighted by Gasteiger charge is -2.40. The number of hydrogen-bond donors (Lipinski definition) is 1. The Hall–Kier alpha value is -0.120. The maximum atomic E-state index is 10.3. The van der Waals surface area contributed by atoms with Gasteiger partial charge in [0, 0.05) is 13.1 Å². The molecule has 1 fully saturated rings. The predicted octanol–water partition coefficient (Wildman–Crippen LogP) is 0.395. The van der Waals surface area contributed by atoms with Crippen molar-refractivity contribution in [2.75, 3.05) is 40.3 Å². The van der Waals surface area contributed by atoms with E-state index in [1.807, 2.05) is 14.1 Å². The van der Waals surface area contributed by atoms with Gasteiger partial charge in [0.05, 0.1) is 5.60 Å². The lowest BCUT2D eigenvalue weighted by molar-refractivity contribution is -0.0444. The van der Waals surface area contributed by atoms with E-state index in [1.54, 1.807) is 0 Å². The second-order valence-corrected chi connectivity index (χ2v) is 4.43. The second-order valence-electron chi connectivity index (χ2n) is 4.43. The van der Waals surface area contributed by atoms with E-state index in [-0.39, 0.29) is 0 Å². The molecule has 1 saturated heterocycles. The summed E-state index contributed by atoms with van der Waals surface area (Å²) in [5, 5.41) is 10.3. The third kappa shape index (κ3) is 3.25. The molecule has 0 unspecified atom stereocenters. The van der Waals surface area contributed by atoms with Crippen LogP contribution in [0.15, 0.2) is 0 Å². The highest BCUT2D eigenvalue weighted by molar-refractivity contribution is 4.88. The average Bonchev–Trinajstić information content (AvgIpc) is 2.02. The molecule has 0 amide bonds. The lowest BCUT2D eigenvalue weighted by atomic mass is 9.92. The Labute approximate surface area is 81.3 Å². The summed E-state index contributed by atoms with van der Waals surface area (Å²) in [6.07, 6.45) is 2.07. The van der Waals surface area contributed by atoms with Crippen LogP contribution in [-0.2, 0) is 0 Å². The fourth-order valence-corrected chi connectivity index (χ4v) is 2.19. The Morgan fingerprint density at radius 2 is 2.15 bits per heavy atom. The molecule has 13 heavy (non-hydrogen) atoms. The number of likely N-dealkylation sites (tertiary alicyclic amines) is 1. The summed E-state index contributed by atoms with van der Waals surface area (Å²) in [5.41, 5.74) is -0.474. The molecule has 1 atom stereocenters. The minimum atomic E-state index is -0.474. The molecule has 0 aromatic rings. The van der Waals surface area contributed by atoms with E-state index in [0.29, 0.717) is 0 Å². The van der Waals surface area contributed by atoms with Crippen molar-refractivity contribution in [1.29, 1.82) is 0 Å². The Kier molecular flexibility index (Phi) is 3.71. The molecule has 78 valence electrons. The molecule has 0 spiro atoms. The minimum Gasteiger partial charge on any atom is -0.387 e. The fraction of sp³-hybridized carbons (Fsp3) is 1.00. The first-order valence-corrected chi connectivity index (χ1v) is 5.15. The van der Waals surface area contributed by atoms with Crippen LogP contribution in [0.3, 0.4) is 0 Å². The van der Waals surface area contributed by atoms with Gasteiger partial charge in [0.25, 0.3) is 0 Å². The van der Waals surface area contributed by atoms with Crippen LogP contribution in [0, 0.1) is 0 Å². The molecule has 0 bridgehead atoms. The second kappa shape index (κ2) is 4.40. The maximum absolute atomic E-state index is 10.3. The van der Waals surface area contributed by atoms with Crippen molar-refractivity contribution in [2.24, 2.45) is 0 Å². The maximum Gasteiger partial charge on any atom is 0.0900 e. The Morgan fingerprint density at radius 1 is 1.46 bits per heavy atom. The number of hydrogen-bond acceptors (Lipinski definition) is 3. The van der Waals surface area contributed by atoms with Gasteiger partial charge >= 0.3 is 0 Å². The monoisotopic (exact) mass is 186 g/mol. The first kappa shape index (κ1) is 11.0. The molecule has 1 aliphatic heterocycles. The van der Waals surface area contributed by atoms with Gasteiger partial charge in [-0.25, -0.2) is 0 Å². The number of likely N-dealkylation sites (N-methyl/N-ethyl adjacent to an activating group) is 2. The highest BCUT2D eigenvalue weighted by atomic mass is 16.3. The van der Waals surface area contributed by atoms with E-state index in [9.17, 15) is 5.11 Å². The van der Waals surface area contributed by atoms with Gasteiger partial charge in [-0.15, -0.1) is 0 Å². The van der Waals surface area contributed by atoms with E-state index < -0.39 is 5.60 Å². The molecule has 0 saturated carbocycles. The van der Waals surface area contributed by atoms with Crippen molar-refractivity contribution in [1.82, 2.24) is 9.80 Å². The van der Waals surface area contributed by atoms with Crippen LogP contribution in [-0.4, -0.2) is 60.8 Å². The standard InChI is InChI=1S/C10H22N2O/c1-4-12-7-5-6-10(13,9-12)8-11(2)3/h13H,4-9H2,1-3H3/t10-/m1/s1. The van der Waals surface area contributed by atoms with Crippen LogP contribution < -0.4 is 0 Å². The van der Waals surface area contributed by atoms with Gasteiger partial charge in [0.1, 0.15) is 0 Å². The van der Waals surface area contributed by atoms with Crippen molar-refractivity contribution in [3.63, 3.8) is 0 Å². The van der Waals surface area contributed by atoms with E-state index in [0.717, 1.165) is 39.0 Å².